The molecule has 3 rings (SSSR count). The normalized spacial score (nSPS) is 17.2. The second kappa shape index (κ2) is 3.68. The third-order valence-electron chi connectivity index (χ3n) is 3.17. The standard InChI is InChI=1S/C13H12FNS/c14-11-3-1-2-9-8(4-6-15)10-5-7-16-13(10)12(9)11/h1-3,5,7-8H,4,6,15H2. The van der Waals surface area contributed by atoms with E-state index in [1.165, 1.54) is 11.6 Å². The van der Waals surface area contributed by atoms with Gasteiger partial charge in [0.05, 0.1) is 0 Å². The van der Waals surface area contributed by atoms with Crippen molar-refractivity contribution in [2.24, 2.45) is 5.73 Å². The van der Waals surface area contributed by atoms with Crippen LogP contribution in [-0.2, 0) is 0 Å². The summed E-state index contributed by atoms with van der Waals surface area (Å²) >= 11 is 1.62. The van der Waals surface area contributed by atoms with Crippen LogP contribution in [0.25, 0.3) is 10.4 Å². The number of thiophene rings is 1. The molecule has 0 aliphatic heterocycles. The van der Waals surface area contributed by atoms with Gasteiger partial charge >= 0.3 is 0 Å². The van der Waals surface area contributed by atoms with Crippen LogP contribution in [0.4, 0.5) is 4.39 Å². The predicted octanol–water partition coefficient (Wildman–Crippen LogP) is 3.35. The van der Waals surface area contributed by atoms with Gasteiger partial charge in [0.25, 0.3) is 0 Å². The first-order valence-electron chi connectivity index (χ1n) is 5.39. The summed E-state index contributed by atoms with van der Waals surface area (Å²) in [7, 11) is 0. The van der Waals surface area contributed by atoms with Crippen LogP contribution in [0, 0.1) is 5.82 Å². The van der Waals surface area contributed by atoms with E-state index < -0.39 is 0 Å². The van der Waals surface area contributed by atoms with Crippen LogP contribution in [0.3, 0.4) is 0 Å². The Labute approximate surface area is 97.7 Å². The highest BCUT2D eigenvalue weighted by Crippen LogP contribution is 2.49. The van der Waals surface area contributed by atoms with Gasteiger partial charge in [-0.3, -0.25) is 0 Å². The molecular formula is C13H12FNS. The topological polar surface area (TPSA) is 26.0 Å². The molecule has 1 atom stereocenters. The van der Waals surface area contributed by atoms with Crippen LogP contribution in [0.1, 0.15) is 23.5 Å². The maximum atomic E-state index is 13.8. The number of fused-ring (bicyclic) bond motifs is 3. The molecule has 3 heteroatoms. The maximum absolute atomic E-state index is 13.8. The molecule has 1 nitrogen and oxygen atoms in total. The molecule has 82 valence electrons. The van der Waals surface area contributed by atoms with Crippen LogP contribution in [0.5, 0.6) is 0 Å². The SMILES string of the molecule is NCCC1c2ccsc2-c2c(F)cccc21. The Hall–Kier alpha value is -1.19. The molecule has 1 aliphatic carbocycles. The fraction of sp³-hybridized carbons (Fsp3) is 0.231. The fourth-order valence-corrected chi connectivity index (χ4v) is 3.54. The summed E-state index contributed by atoms with van der Waals surface area (Å²) in [6.45, 7) is 0.635. The average Bonchev–Trinajstić information content (AvgIpc) is 2.82. The van der Waals surface area contributed by atoms with Gasteiger partial charge in [0.1, 0.15) is 5.82 Å². The number of rotatable bonds is 2. The van der Waals surface area contributed by atoms with Gasteiger partial charge in [-0.05, 0) is 41.6 Å². The van der Waals surface area contributed by atoms with E-state index in [9.17, 15) is 4.39 Å². The van der Waals surface area contributed by atoms with Gasteiger partial charge in [-0.25, -0.2) is 4.39 Å². The second-order valence-corrected chi connectivity index (χ2v) is 4.96. The van der Waals surface area contributed by atoms with Crippen molar-refractivity contribution in [3.8, 4) is 10.4 Å². The zero-order chi connectivity index (χ0) is 11.1. The Kier molecular flexibility index (Phi) is 2.30. The molecule has 0 saturated carbocycles. The highest BCUT2D eigenvalue weighted by atomic mass is 32.1. The van der Waals surface area contributed by atoms with Crippen molar-refractivity contribution in [2.45, 2.75) is 12.3 Å². The molecule has 0 bridgehead atoms. The van der Waals surface area contributed by atoms with Crippen LogP contribution >= 0.6 is 11.3 Å². The Balaban J connectivity index is 2.24. The van der Waals surface area contributed by atoms with E-state index in [0.717, 1.165) is 22.4 Å². The lowest BCUT2D eigenvalue weighted by Crippen LogP contribution is -2.06. The summed E-state index contributed by atoms with van der Waals surface area (Å²) in [6.07, 6.45) is 0.889. The number of hydrogen-bond donors (Lipinski definition) is 1. The Bertz CT molecular complexity index is 532. The van der Waals surface area contributed by atoms with Crippen LogP contribution in [-0.4, -0.2) is 6.54 Å². The number of halogens is 1. The molecule has 1 aliphatic rings. The van der Waals surface area contributed by atoms with Crippen molar-refractivity contribution in [2.75, 3.05) is 6.54 Å². The van der Waals surface area contributed by atoms with Crippen molar-refractivity contribution < 1.29 is 4.39 Å². The van der Waals surface area contributed by atoms with Crippen LogP contribution in [0.2, 0.25) is 0 Å². The lowest BCUT2D eigenvalue weighted by Gasteiger charge is -2.10. The predicted molar refractivity (Wildman–Crippen MR) is 65.2 cm³/mol. The summed E-state index contributed by atoms with van der Waals surface area (Å²) in [6, 6.07) is 7.44. The molecule has 2 N–H and O–H groups in total. The van der Waals surface area contributed by atoms with Gasteiger partial charge < -0.3 is 5.73 Å². The van der Waals surface area contributed by atoms with Gasteiger partial charge in [0, 0.05) is 16.4 Å². The Morgan fingerprint density at radius 2 is 2.12 bits per heavy atom. The Morgan fingerprint density at radius 1 is 1.25 bits per heavy atom. The van der Waals surface area contributed by atoms with E-state index in [4.69, 9.17) is 5.73 Å². The number of nitrogens with two attached hydrogens (primary N) is 1. The summed E-state index contributed by atoms with van der Waals surface area (Å²) in [5.41, 5.74) is 8.79. The third-order valence-corrected chi connectivity index (χ3v) is 4.12. The highest BCUT2D eigenvalue weighted by Gasteiger charge is 2.31. The molecule has 0 amide bonds. The summed E-state index contributed by atoms with van der Waals surface area (Å²) < 4.78 is 13.8. The molecule has 16 heavy (non-hydrogen) atoms. The van der Waals surface area contributed by atoms with E-state index in [1.807, 2.05) is 11.4 Å². The molecule has 1 unspecified atom stereocenters. The molecule has 1 heterocycles. The lowest BCUT2D eigenvalue weighted by atomic mass is 9.94. The summed E-state index contributed by atoms with van der Waals surface area (Å²) in [4.78, 5) is 1.09. The number of benzene rings is 1. The molecule has 0 saturated heterocycles. The second-order valence-electron chi connectivity index (χ2n) is 4.04. The van der Waals surface area contributed by atoms with E-state index in [2.05, 4.69) is 6.07 Å². The van der Waals surface area contributed by atoms with E-state index in [0.29, 0.717) is 6.54 Å². The quantitative estimate of drug-likeness (QED) is 0.845. The first-order valence-corrected chi connectivity index (χ1v) is 6.27. The first kappa shape index (κ1) is 10.00. The highest BCUT2D eigenvalue weighted by molar-refractivity contribution is 7.13. The molecule has 2 aromatic rings. The summed E-state index contributed by atoms with van der Waals surface area (Å²) in [5, 5.41) is 2.03. The molecule has 0 fully saturated rings. The van der Waals surface area contributed by atoms with Crippen LogP contribution in [0.15, 0.2) is 29.6 Å². The largest absolute Gasteiger partial charge is 0.330 e. The molecule has 0 radical (unpaired) electrons. The van der Waals surface area contributed by atoms with Crippen LogP contribution < -0.4 is 5.73 Å². The van der Waals surface area contributed by atoms with E-state index in [1.54, 1.807) is 17.4 Å². The minimum absolute atomic E-state index is 0.110. The van der Waals surface area contributed by atoms with Crippen molar-refractivity contribution >= 4 is 11.3 Å². The van der Waals surface area contributed by atoms with Crippen molar-refractivity contribution in [3.63, 3.8) is 0 Å². The molecule has 1 aromatic heterocycles. The molecule has 1 aromatic carbocycles. The monoisotopic (exact) mass is 233 g/mol. The van der Waals surface area contributed by atoms with Gasteiger partial charge in [-0.2, -0.15) is 0 Å². The van der Waals surface area contributed by atoms with Gasteiger partial charge in [-0.1, -0.05) is 12.1 Å². The first-order chi connectivity index (χ1) is 7.83. The minimum Gasteiger partial charge on any atom is -0.330 e. The molecule has 0 spiro atoms. The zero-order valence-electron chi connectivity index (χ0n) is 8.74. The summed E-state index contributed by atoms with van der Waals surface area (Å²) in [5.74, 6) is 0.178. The van der Waals surface area contributed by atoms with Crippen molar-refractivity contribution in [3.05, 3.63) is 46.6 Å². The average molecular weight is 233 g/mol. The van der Waals surface area contributed by atoms with E-state index in [-0.39, 0.29) is 11.7 Å². The Morgan fingerprint density at radius 3 is 2.94 bits per heavy atom. The third kappa shape index (κ3) is 1.25. The lowest BCUT2D eigenvalue weighted by molar-refractivity contribution is 0.629. The van der Waals surface area contributed by atoms with E-state index >= 15 is 0 Å². The van der Waals surface area contributed by atoms with Crippen molar-refractivity contribution in [1.82, 2.24) is 0 Å². The smallest absolute Gasteiger partial charge is 0.132 e. The van der Waals surface area contributed by atoms with Gasteiger partial charge in [0.15, 0.2) is 0 Å². The fourth-order valence-electron chi connectivity index (χ4n) is 2.51. The minimum atomic E-state index is -0.110. The molecular weight excluding hydrogens is 221 g/mol. The zero-order valence-corrected chi connectivity index (χ0v) is 9.56. The van der Waals surface area contributed by atoms with Gasteiger partial charge in [-0.15, -0.1) is 11.3 Å². The van der Waals surface area contributed by atoms with Crippen molar-refractivity contribution in [1.29, 1.82) is 0 Å². The van der Waals surface area contributed by atoms with Gasteiger partial charge in [0.2, 0.25) is 0 Å². The number of hydrogen-bond acceptors (Lipinski definition) is 2. The maximum Gasteiger partial charge on any atom is 0.132 e.